The quantitative estimate of drug-likeness (QED) is 0.474. The summed E-state index contributed by atoms with van der Waals surface area (Å²) in [5.74, 6) is -0.239. The van der Waals surface area contributed by atoms with E-state index in [4.69, 9.17) is 0 Å². The Kier molecular flexibility index (Phi) is 4.19. The van der Waals surface area contributed by atoms with E-state index in [-0.39, 0.29) is 23.2 Å². The van der Waals surface area contributed by atoms with Crippen LogP contribution in [0.15, 0.2) is 18.2 Å². The van der Waals surface area contributed by atoms with Gasteiger partial charge in [0.25, 0.3) is 11.6 Å². The summed E-state index contributed by atoms with van der Waals surface area (Å²) >= 11 is 3.32. The van der Waals surface area contributed by atoms with Crippen LogP contribution in [-0.2, 0) is 0 Å². The number of halogens is 1. The Hall–Kier alpha value is -1.43. The molecule has 0 unspecified atom stereocenters. The van der Waals surface area contributed by atoms with E-state index in [1.807, 2.05) is 0 Å². The summed E-state index contributed by atoms with van der Waals surface area (Å²) in [6, 6.07) is 5.12. The Morgan fingerprint density at radius 3 is 2.74 bits per heavy atom. The van der Waals surface area contributed by atoms with E-state index >= 15 is 0 Å². The third kappa shape index (κ3) is 2.94. The van der Waals surface area contributed by atoms with Crippen molar-refractivity contribution in [3.8, 4) is 0 Å². The second kappa shape index (κ2) is 5.69. The molecule has 0 aromatic heterocycles. The summed E-state index contributed by atoms with van der Waals surface area (Å²) < 4.78 is 0. The topological polar surface area (TPSA) is 63.5 Å². The molecule has 5 nitrogen and oxygen atoms in total. The molecular weight excluding hydrogens is 312 g/mol. The number of nitro groups is 1. The lowest BCUT2D eigenvalue weighted by Gasteiger charge is -2.21. The van der Waals surface area contributed by atoms with Crippen molar-refractivity contribution in [2.24, 2.45) is 0 Å². The Balaban J connectivity index is 2.37. The van der Waals surface area contributed by atoms with Crippen molar-refractivity contribution in [1.29, 1.82) is 0 Å². The molecule has 0 saturated heterocycles. The van der Waals surface area contributed by atoms with Crippen molar-refractivity contribution in [2.75, 3.05) is 11.9 Å². The van der Waals surface area contributed by atoms with Crippen molar-refractivity contribution >= 4 is 27.5 Å². The number of alkyl halides is 1. The predicted molar refractivity (Wildman–Crippen MR) is 75.7 cm³/mol. The number of nitrogens with zero attached hydrogens (tertiary/aromatic N) is 2. The minimum atomic E-state index is -0.470. The zero-order chi connectivity index (χ0) is 14.0. The molecule has 1 amide bonds. The highest BCUT2D eigenvalue weighted by Crippen LogP contribution is 2.31. The summed E-state index contributed by atoms with van der Waals surface area (Å²) in [6.45, 7) is 2.23. The van der Waals surface area contributed by atoms with Crippen molar-refractivity contribution < 1.29 is 9.72 Å². The zero-order valence-electron chi connectivity index (χ0n) is 10.6. The van der Waals surface area contributed by atoms with Crippen LogP contribution in [0.25, 0.3) is 0 Å². The number of aryl methyl sites for hydroxylation is 1. The number of hydrogen-bond donors (Lipinski definition) is 0. The molecule has 0 N–H and O–H groups in total. The molecule has 1 fully saturated rings. The first-order valence-electron chi connectivity index (χ1n) is 6.17. The summed E-state index contributed by atoms with van der Waals surface area (Å²) in [5.41, 5.74) is 0.635. The van der Waals surface area contributed by atoms with Crippen LogP contribution < -0.4 is 0 Å². The van der Waals surface area contributed by atoms with E-state index < -0.39 is 4.92 Å². The summed E-state index contributed by atoms with van der Waals surface area (Å²) in [4.78, 5) is 24.9. The maximum atomic E-state index is 12.5. The smallest absolute Gasteiger partial charge is 0.285 e. The summed E-state index contributed by atoms with van der Waals surface area (Å²) in [5, 5.41) is 11.8. The Bertz CT molecular complexity index is 515. The average molecular weight is 327 g/mol. The van der Waals surface area contributed by atoms with Gasteiger partial charge in [-0.05, 0) is 25.8 Å². The van der Waals surface area contributed by atoms with Gasteiger partial charge in [-0.1, -0.05) is 28.1 Å². The second-order valence-electron chi connectivity index (χ2n) is 4.65. The van der Waals surface area contributed by atoms with Gasteiger partial charge in [-0.15, -0.1) is 0 Å². The minimum Gasteiger partial charge on any atom is -0.335 e. The van der Waals surface area contributed by atoms with Crippen molar-refractivity contribution in [2.45, 2.75) is 25.8 Å². The predicted octanol–water partition coefficient (Wildman–Crippen LogP) is 2.90. The fourth-order valence-corrected chi connectivity index (χ4v) is 2.54. The van der Waals surface area contributed by atoms with Crippen LogP contribution in [0.5, 0.6) is 0 Å². The van der Waals surface area contributed by atoms with Gasteiger partial charge in [0.1, 0.15) is 5.56 Å². The number of hydrogen-bond acceptors (Lipinski definition) is 3. The molecule has 19 heavy (non-hydrogen) atoms. The number of carbonyl (C=O) groups excluding carboxylic acids is 1. The number of rotatable bonds is 5. The average Bonchev–Trinajstić information content (AvgIpc) is 3.18. The summed E-state index contributed by atoms with van der Waals surface area (Å²) in [6.07, 6.45) is 1.97. The third-order valence-electron chi connectivity index (χ3n) is 3.22. The fraction of sp³-hybridized carbons (Fsp3) is 0.462. The highest BCUT2D eigenvalue weighted by Gasteiger charge is 2.35. The first-order valence-corrected chi connectivity index (χ1v) is 7.29. The molecule has 6 heteroatoms. The third-order valence-corrected chi connectivity index (χ3v) is 3.58. The molecule has 1 aliphatic rings. The van der Waals surface area contributed by atoms with Gasteiger partial charge in [0.2, 0.25) is 0 Å². The van der Waals surface area contributed by atoms with Gasteiger partial charge in [-0.25, -0.2) is 0 Å². The number of para-hydroxylation sites is 1. The van der Waals surface area contributed by atoms with E-state index in [0.717, 1.165) is 12.8 Å². The Labute approximate surface area is 119 Å². The molecule has 1 saturated carbocycles. The van der Waals surface area contributed by atoms with Gasteiger partial charge in [0.05, 0.1) is 4.92 Å². The highest BCUT2D eigenvalue weighted by atomic mass is 79.9. The van der Waals surface area contributed by atoms with Crippen molar-refractivity contribution in [1.82, 2.24) is 4.90 Å². The summed E-state index contributed by atoms with van der Waals surface area (Å²) in [7, 11) is 0. The van der Waals surface area contributed by atoms with Crippen molar-refractivity contribution in [3.63, 3.8) is 0 Å². The van der Waals surface area contributed by atoms with E-state index in [9.17, 15) is 14.9 Å². The molecule has 0 radical (unpaired) electrons. The van der Waals surface area contributed by atoms with Crippen molar-refractivity contribution in [3.05, 3.63) is 39.4 Å². The van der Waals surface area contributed by atoms with E-state index in [1.165, 1.54) is 6.07 Å². The van der Waals surface area contributed by atoms with Crippen LogP contribution in [0.4, 0.5) is 5.69 Å². The fourth-order valence-electron chi connectivity index (χ4n) is 2.16. The number of nitro benzene ring substituents is 1. The zero-order valence-corrected chi connectivity index (χ0v) is 12.2. The molecule has 1 aromatic carbocycles. The first-order chi connectivity index (χ1) is 9.06. The lowest BCUT2D eigenvalue weighted by atomic mass is 10.1. The highest BCUT2D eigenvalue weighted by molar-refractivity contribution is 9.09. The van der Waals surface area contributed by atoms with Crippen LogP contribution in [0.1, 0.15) is 28.8 Å². The van der Waals surface area contributed by atoms with E-state index in [1.54, 1.807) is 24.0 Å². The standard InChI is InChI=1S/C13H15BrN2O3/c1-9-3-2-4-11(12(9)16(18)19)13(17)15(8-7-14)10-5-6-10/h2-4,10H,5-8H2,1H3. The lowest BCUT2D eigenvalue weighted by Crippen LogP contribution is -2.35. The van der Waals surface area contributed by atoms with Crippen LogP contribution in [0.3, 0.4) is 0 Å². The maximum absolute atomic E-state index is 12.5. The molecule has 0 spiro atoms. The molecule has 0 atom stereocenters. The molecule has 0 heterocycles. The largest absolute Gasteiger partial charge is 0.335 e. The molecule has 1 aromatic rings. The van der Waals surface area contributed by atoms with Gasteiger partial charge in [-0.2, -0.15) is 0 Å². The number of benzene rings is 1. The molecule has 102 valence electrons. The first kappa shape index (κ1) is 14.0. The Morgan fingerprint density at radius 2 is 2.21 bits per heavy atom. The molecule has 1 aliphatic carbocycles. The van der Waals surface area contributed by atoms with E-state index in [2.05, 4.69) is 15.9 Å². The number of amides is 1. The van der Waals surface area contributed by atoms with Gasteiger partial charge in [-0.3, -0.25) is 14.9 Å². The van der Waals surface area contributed by atoms with Gasteiger partial charge < -0.3 is 4.90 Å². The lowest BCUT2D eigenvalue weighted by molar-refractivity contribution is -0.385. The molecule has 0 bridgehead atoms. The Morgan fingerprint density at radius 1 is 1.53 bits per heavy atom. The normalized spacial score (nSPS) is 14.2. The SMILES string of the molecule is Cc1cccc(C(=O)N(CCBr)C2CC2)c1[N+](=O)[O-]. The van der Waals surface area contributed by atoms with E-state index in [0.29, 0.717) is 17.4 Å². The van der Waals surface area contributed by atoms with Gasteiger partial charge in [0.15, 0.2) is 0 Å². The van der Waals surface area contributed by atoms with Gasteiger partial charge in [0, 0.05) is 23.5 Å². The monoisotopic (exact) mass is 326 g/mol. The van der Waals surface area contributed by atoms with Crippen LogP contribution >= 0.6 is 15.9 Å². The number of carbonyl (C=O) groups is 1. The molecule has 0 aliphatic heterocycles. The van der Waals surface area contributed by atoms with Gasteiger partial charge >= 0.3 is 0 Å². The molecule has 2 rings (SSSR count). The minimum absolute atomic E-state index is 0.0762. The van der Waals surface area contributed by atoms with Crippen LogP contribution in [0, 0.1) is 17.0 Å². The van der Waals surface area contributed by atoms with Crippen LogP contribution in [0.2, 0.25) is 0 Å². The van der Waals surface area contributed by atoms with Crippen LogP contribution in [-0.4, -0.2) is 33.6 Å². The molecular formula is C13H15BrN2O3. The maximum Gasteiger partial charge on any atom is 0.285 e. The second-order valence-corrected chi connectivity index (χ2v) is 5.44.